The fraction of sp³-hybridized carbons (Fsp3) is 0.333. The predicted molar refractivity (Wildman–Crippen MR) is 89.3 cm³/mol. The van der Waals surface area contributed by atoms with Crippen LogP contribution in [-0.2, 0) is 4.79 Å². The van der Waals surface area contributed by atoms with Gasteiger partial charge in [0, 0.05) is 0 Å². The molecule has 23 heavy (non-hydrogen) atoms. The number of anilines is 2. The molecule has 120 valence electrons. The monoisotopic (exact) mass is 313 g/mol. The minimum atomic E-state index is -0.421. The van der Waals surface area contributed by atoms with Gasteiger partial charge in [0.2, 0.25) is 11.6 Å². The fourth-order valence-electron chi connectivity index (χ4n) is 2.28. The molecular formula is C15H19N7O. The lowest BCUT2D eigenvalue weighted by Gasteiger charge is -2.15. The Bertz CT molecular complexity index is 656. The minimum absolute atomic E-state index is 0.0998. The van der Waals surface area contributed by atoms with Crippen molar-refractivity contribution in [3.05, 3.63) is 24.3 Å². The third-order valence-corrected chi connectivity index (χ3v) is 3.42. The summed E-state index contributed by atoms with van der Waals surface area (Å²) in [6.45, 7) is 2.25. The lowest BCUT2D eigenvalue weighted by molar-refractivity contribution is -0.117. The van der Waals surface area contributed by atoms with E-state index in [9.17, 15) is 4.79 Å². The number of carbonyl (C=O) groups excluding carboxylic acids is 1. The van der Waals surface area contributed by atoms with Crippen molar-refractivity contribution in [1.82, 2.24) is 4.90 Å². The molecule has 0 spiro atoms. The number of amidine groups is 1. The third-order valence-electron chi connectivity index (χ3n) is 3.42. The Balaban J connectivity index is 2.03. The van der Waals surface area contributed by atoms with Crippen molar-refractivity contribution < 1.29 is 4.79 Å². The van der Waals surface area contributed by atoms with Crippen LogP contribution >= 0.6 is 0 Å². The van der Waals surface area contributed by atoms with Gasteiger partial charge in [0.25, 0.3) is 0 Å². The van der Waals surface area contributed by atoms with E-state index in [1.54, 1.807) is 30.3 Å². The normalized spacial score (nSPS) is 15.0. The number of hydrazone groups is 1. The molecule has 1 aliphatic rings. The van der Waals surface area contributed by atoms with Gasteiger partial charge in [-0.05, 0) is 38.1 Å². The Hall–Kier alpha value is -2.92. The Morgan fingerprint density at radius 1 is 1.35 bits per heavy atom. The maximum absolute atomic E-state index is 12.1. The molecule has 1 saturated heterocycles. The molecule has 0 aliphatic carbocycles. The molecule has 1 heterocycles. The van der Waals surface area contributed by atoms with E-state index in [2.05, 4.69) is 20.7 Å². The van der Waals surface area contributed by atoms with Crippen LogP contribution in [0.1, 0.15) is 12.8 Å². The summed E-state index contributed by atoms with van der Waals surface area (Å²) in [5, 5.41) is 22.7. The fourth-order valence-corrected chi connectivity index (χ4v) is 2.28. The molecule has 1 aromatic carbocycles. The highest BCUT2D eigenvalue weighted by Crippen LogP contribution is 2.21. The number of carbonyl (C=O) groups is 1. The number of benzene rings is 1. The molecule has 8 heteroatoms. The first kappa shape index (κ1) is 16.5. The smallest absolute Gasteiger partial charge is 0.238 e. The summed E-state index contributed by atoms with van der Waals surface area (Å²) in [5.41, 5.74) is 8.76. The number of nitrogens with one attached hydrogen (secondary N) is 3. The minimum Gasteiger partial charge on any atom is -0.382 e. The molecule has 8 nitrogen and oxygen atoms in total. The number of hydrogen-bond acceptors (Lipinski definition) is 6. The molecule has 0 bridgehead atoms. The van der Waals surface area contributed by atoms with Crippen molar-refractivity contribution in [2.75, 3.05) is 30.4 Å². The molecule has 5 N–H and O–H groups in total. The zero-order valence-corrected chi connectivity index (χ0v) is 12.7. The SMILES string of the molecule is N#C/C(=N\Nc1ccccc1NC(=O)CN1CCCC1)C(=N)N. The topological polar surface area (TPSA) is 130 Å². The molecule has 0 radical (unpaired) electrons. The van der Waals surface area contributed by atoms with Crippen LogP contribution in [0.2, 0.25) is 0 Å². The van der Waals surface area contributed by atoms with Gasteiger partial charge in [-0.3, -0.25) is 20.5 Å². The van der Waals surface area contributed by atoms with Crippen LogP contribution < -0.4 is 16.5 Å². The summed E-state index contributed by atoms with van der Waals surface area (Å²) in [7, 11) is 0. The molecule has 0 aromatic heterocycles. The van der Waals surface area contributed by atoms with Crippen LogP contribution in [0.3, 0.4) is 0 Å². The highest BCUT2D eigenvalue weighted by Gasteiger charge is 2.15. The Morgan fingerprint density at radius 2 is 2.00 bits per heavy atom. The number of amides is 1. The lowest BCUT2D eigenvalue weighted by atomic mass is 10.2. The maximum Gasteiger partial charge on any atom is 0.238 e. The van der Waals surface area contributed by atoms with Gasteiger partial charge in [0.05, 0.1) is 17.9 Å². The second-order valence-corrected chi connectivity index (χ2v) is 5.17. The molecule has 0 unspecified atom stereocenters. The third kappa shape index (κ3) is 4.79. The lowest BCUT2D eigenvalue weighted by Crippen LogP contribution is -2.31. The van der Waals surface area contributed by atoms with Gasteiger partial charge in [-0.25, -0.2) is 0 Å². The van der Waals surface area contributed by atoms with Crippen molar-refractivity contribution in [2.45, 2.75) is 12.8 Å². The van der Waals surface area contributed by atoms with E-state index in [4.69, 9.17) is 16.4 Å². The molecular weight excluding hydrogens is 294 g/mol. The first-order chi connectivity index (χ1) is 11.1. The number of nitrogens with two attached hydrogens (primary N) is 1. The van der Waals surface area contributed by atoms with Gasteiger partial charge in [0.15, 0.2) is 5.84 Å². The Kier molecular flexibility index (Phi) is 5.66. The van der Waals surface area contributed by atoms with Crippen LogP contribution in [-0.4, -0.2) is 42.0 Å². The van der Waals surface area contributed by atoms with Gasteiger partial charge in [-0.2, -0.15) is 10.4 Å². The maximum atomic E-state index is 12.1. The van der Waals surface area contributed by atoms with Gasteiger partial charge in [-0.1, -0.05) is 12.1 Å². The molecule has 0 atom stereocenters. The summed E-state index contributed by atoms with van der Waals surface area (Å²) >= 11 is 0. The second-order valence-electron chi connectivity index (χ2n) is 5.17. The van der Waals surface area contributed by atoms with Crippen LogP contribution in [0.5, 0.6) is 0 Å². The average molecular weight is 313 g/mol. The summed E-state index contributed by atoms with van der Waals surface area (Å²) in [6.07, 6.45) is 2.25. The molecule has 0 saturated carbocycles. The zero-order chi connectivity index (χ0) is 16.7. The molecule has 1 aromatic rings. The molecule has 1 aliphatic heterocycles. The van der Waals surface area contributed by atoms with E-state index in [-0.39, 0.29) is 11.6 Å². The Labute approximate surface area is 134 Å². The number of hydrogen-bond donors (Lipinski definition) is 4. The first-order valence-corrected chi connectivity index (χ1v) is 7.29. The van der Waals surface area contributed by atoms with Crippen LogP contribution in [0.15, 0.2) is 29.4 Å². The van der Waals surface area contributed by atoms with E-state index in [0.717, 1.165) is 25.9 Å². The van der Waals surface area contributed by atoms with E-state index in [0.29, 0.717) is 17.9 Å². The number of nitriles is 1. The number of para-hydroxylation sites is 2. The quantitative estimate of drug-likeness (QED) is 0.353. The van der Waals surface area contributed by atoms with Crippen LogP contribution in [0.25, 0.3) is 0 Å². The van der Waals surface area contributed by atoms with Gasteiger partial charge in [0.1, 0.15) is 6.07 Å². The van der Waals surface area contributed by atoms with E-state index < -0.39 is 5.84 Å². The molecule has 1 amide bonds. The van der Waals surface area contributed by atoms with Crippen LogP contribution in [0.4, 0.5) is 11.4 Å². The van der Waals surface area contributed by atoms with Crippen molar-refractivity contribution in [3.63, 3.8) is 0 Å². The van der Waals surface area contributed by atoms with E-state index in [1.807, 2.05) is 0 Å². The molecule has 2 rings (SSSR count). The van der Waals surface area contributed by atoms with Crippen LogP contribution in [0, 0.1) is 16.7 Å². The zero-order valence-electron chi connectivity index (χ0n) is 12.7. The first-order valence-electron chi connectivity index (χ1n) is 7.29. The largest absolute Gasteiger partial charge is 0.382 e. The summed E-state index contributed by atoms with van der Waals surface area (Å²) in [6, 6.07) is 8.73. The van der Waals surface area contributed by atoms with Gasteiger partial charge in [-0.15, -0.1) is 0 Å². The molecule has 1 fully saturated rings. The predicted octanol–water partition coefficient (Wildman–Crippen LogP) is 0.948. The second kappa shape index (κ2) is 7.91. The summed E-state index contributed by atoms with van der Waals surface area (Å²) in [4.78, 5) is 14.2. The summed E-state index contributed by atoms with van der Waals surface area (Å²) < 4.78 is 0. The van der Waals surface area contributed by atoms with Gasteiger partial charge >= 0.3 is 0 Å². The number of rotatable bonds is 6. The average Bonchev–Trinajstić information content (AvgIpc) is 3.02. The van der Waals surface area contributed by atoms with Crippen molar-refractivity contribution >= 4 is 28.8 Å². The highest BCUT2D eigenvalue weighted by molar-refractivity contribution is 6.45. The van der Waals surface area contributed by atoms with Crippen molar-refractivity contribution in [1.29, 1.82) is 10.7 Å². The van der Waals surface area contributed by atoms with E-state index in [1.165, 1.54) is 0 Å². The van der Waals surface area contributed by atoms with Crippen molar-refractivity contribution in [2.24, 2.45) is 10.8 Å². The highest BCUT2D eigenvalue weighted by atomic mass is 16.2. The summed E-state index contributed by atoms with van der Waals surface area (Å²) in [5.74, 6) is -0.521. The standard InChI is InChI=1S/C15H19N7O/c16-9-13(15(17)18)21-20-12-6-2-1-5-11(12)19-14(23)10-22-7-3-4-8-22/h1-2,5-6,20H,3-4,7-8,10H2,(H3,17,18)(H,19,23)/b21-13+. The number of likely N-dealkylation sites (tertiary alicyclic amines) is 1. The Morgan fingerprint density at radius 3 is 2.61 bits per heavy atom. The number of nitrogens with zero attached hydrogens (tertiary/aromatic N) is 3. The van der Waals surface area contributed by atoms with Gasteiger partial charge < -0.3 is 11.1 Å². The van der Waals surface area contributed by atoms with E-state index >= 15 is 0 Å². The van der Waals surface area contributed by atoms with Crippen molar-refractivity contribution in [3.8, 4) is 6.07 Å².